The first-order valence-corrected chi connectivity index (χ1v) is 5.48. The van der Waals surface area contributed by atoms with Gasteiger partial charge in [-0.05, 0) is 26.3 Å². The van der Waals surface area contributed by atoms with Crippen molar-refractivity contribution in [2.24, 2.45) is 0 Å². The molecule has 0 amide bonds. The van der Waals surface area contributed by atoms with Crippen LogP contribution in [0.25, 0.3) is 0 Å². The fourth-order valence-electron chi connectivity index (χ4n) is 1.81. The Morgan fingerprint density at radius 3 is 3.00 bits per heavy atom. The highest BCUT2D eigenvalue weighted by Gasteiger charge is 2.17. The van der Waals surface area contributed by atoms with Gasteiger partial charge in [0.05, 0.1) is 24.1 Å². The number of aromatic nitrogens is 2. The zero-order chi connectivity index (χ0) is 10.5. The molecule has 0 bridgehead atoms. The summed E-state index contributed by atoms with van der Waals surface area (Å²) in [5.74, 6) is 0. The van der Waals surface area contributed by atoms with Gasteiger partial charge in [0.1, 0.15) is 0 Å². The van der Waals surface area contributed by atoms with Gasteiger partial charge < -0.3 is 10.1 Å². The molecule has 1 unspecified atom stereocenters. The van der Waals surface area contributed by atoms with Crippen molar-refractivity contribution in [3.8, 4) is 0 Å². The Hall–Kier alpha value is -0.710. The summed E-state index contributed by atoms with van der Waals surface area (Å²) in [4.78, 5) is 8.28. The van der Waals surface area contributed by atoms with Crippen molar-refractivity contribution < 1.29 is 4.74 Å². The molecule has 2 rings (SSSR count). The van der Waals surface area contributed by atoms with E-state index in [1.165, 1.54) is 6.42 Å². The monoisotopic (exact) mass is 243 g/mol. The lowest BCUT2D eigenvalue weighted by Gasteiger charge is -2.26. The van der Waals surface area contributed by atoms with E-state index in [4.69, 9.17) is 4.74 Å². The van der Waals surface area contributed by atoms with Crippen LogP contribution in [0.3, 0.4) is 0 Å². The average Bonchev–Trinajstić information content (AvgIpc) is 2.31. The second kappa shape index (κ2) is 6.78. The maximum atomic E-state index is 5.91. The number of nitrogens with zero attached hydrogens (tertiary/aromatic N) is 2. The third-order valence-electron chi connectivity index (χ3n) is 2.65. The van der Waals surface area contributed by atoms with Gasteiger partial charge in [-0.2, -0.15) is 0 Å². The maximum absolute atomic E-state index is 5.91. The molecule has 1 aliphatic rings. The minimum Gasteiger partial charge on any atom is -0.368 e. The highest BCUT2D eigenvalue weighted by molar-refractivity contribution is 5.85. The van der Waals surface area contributed by atoms with Crippen LogP contribution in [0.15, 0.2) is 18.6 Å². The quantitative estimate of drug-likeness (QED) is 0.879. The molecular formula is C11H18ClN3O. The average molecular weight is 244 g/mol. The number of halogens is 1. The van der Waals surface area contributed by atoms with Gasteiger partial charge in [0.15, 0.2) is 0 Å². The van der Waals surface area contributed by atoms with E-state index in [1.807, 2.05) is 6.92 Å². The Bertz CT molecular complexity index is 291. The van der Waals surface area contributed by atoms with Gasteiger partial charge in [-0.25, -0.2) is 0 Å². The number of hydrogen-bond acceptors (Lipinski definition) is 4. The molecule has 0 radical (unpaired) electrons. The summed E-state index contributed by atoms with van der Waals surface area (Å²) in [5.41, 5.74) is 0.906. The number of piperidine rings is 1. The van der Waals surface area contributed by atoms with E-state index in [0.29, 0.717) is 6.10 Å². The largest absolute Gasteiger partial charge is 0.368 e. The zero-order valence-corrected chi connectivity index (χ0v) is 10.2. The van der Waals surface area contributed by atoms with E-state index in [9.17, 15) is 0 Å². The summed E-state index contributed by atoms with van der Waals surface area (Å²) in [6.07, 6.45) is 7.82. The normalized spacial score (nSPS) is 22.2. The van der Waals surface area contributed by atoms with Crippen LogP contribution < -0.4 is 5.32 Å². The maximum Gasteiger partial charge on any atom is 0.0986 e. The van der Waals surface area contributed by atoms with Gasteiger partial charge in [-0.1, -0.05) is 0 Å². The lowest BCUT2D eigenvalue weighted by atomic mass is 10.1. The molecule has 0 aromatic carbocycles. The van der Waals surface area contributed by atoms with Crippen molar-refractivity contribution in [1.29, 1.82) is 0 Å². The summed E-state index contributed by atoms with van der Waals surface area (Å²) in [6, 6.07) is 0. The lowest BCUT2D eigenvalue weighted by molar-refractivity contribution is -0.0171. The van der Waals surface area contributed by atoms with Gasteiger partial charge in [-0.15, -0.1) is 12.4 Å². The number of hydrogen-bond donors (Lipinski definition) is 1. The second-order valence-corrected chi connectivity index (χ2v) is 3.88. The summed E-state index contributed by atoms with van der Waals surface area (Å²) < 4.78 is 5.91. The standard InChI is InChI=1S/C11H17N3O.ClH/c1-9(11-8-13-5-6-14-11)15-10-3-2-4-12-7-10;/h5-6,8-10,12H,2-4,7H2,1H3;1H/t9?,10-;/m1./s1. The molecule has 90 valence electrons. The molecule has 1 saturated heterocycles. The third-order valence-corrected chi connectivity index (χ3v) is 2.65. The first-order chi connectivity index (χ1) is 7.36. The van der Waals surface area contributed by atoms with Crippen molar-refractivity contribution >= 4 is 12.4 Å². The SMILES string of the molecule is CC(O[C@@H]1CCCNC1)c1cnccn1.Cl. The van der Waals surface area contributed by atoms with Crippen LogP contribution in [0.2, 0.25) is 0 Å². The van der Waals surface area contributed by atoms with Gasteiger partial charge in [0.25, 0.3) is 0 Å². The van der Waals surface area contributed by atoms with Crippen molar-refractivity contribution in [2.45, 2.75) is 32.0 Å². The Kier molecular flexibility index (Phi) is 5.66. The molecular weight excluding hydrogens is 226 g/mol. The Morgan fingerprint density at radius 1 is 1.50 bits per heavy atom. The molecule has 0 spiro atoms. The van der Waals surface area contributed by atoms with Gasteiger partial charge >= 0.3 is 0 Å². The van der Waals surface area contributed by atoms with Gasteiger partial charge in [0.2, 0.25) is 0 Å². The van der Waals surface area contributed by atoms with Crippen LogP contribution in [0.5, 0.6) is 0 Å². The van der Waals surface area contributed by atoms with E-state index < -0.39 is 0 Å². The van der Waals surface area contributed by atoms with E-state index in [2.05, 4.69) is 15.3 Å². The number of ether oxygens (including phenoxy) is 1. The van der Waals surface area contributed by atoms with Crippen LogP contribution in [-0.2, 0) is 4.74 Å². The molecule has 5 heteroatoms. The molecule has 1 aliphatic heterocycles. The molecule has 0 aliphatic carbocycles. The Morgan fingerprint density at radius 2 is 2.38 bits per heavy atom. The van der Waals surface area contributed by atoms with Crippen molar-refractivity contribution in [3.05, 3.63) is 24.3 Å². The molecule has 2 atom stereocenters. The lowest BCUT2D eigenvalue weighted by Crippen LogP contribution is -2.35. The minimum absolute atomic E-state index is 0. The summed E-state index contributed by atoms with van der Waals surface area (Å²) in [5, 5.41) is 3.33. The van der Waals surface area contributed by atoms with E-state index in [1.54, 1.807) is 18.6 Å². The summed E-state index contributed by atoms with van der Waals surface area (Å²) >= 11 is 0. The predicted octanol–water partition coefficient (Wildman–Crippen LogP) is 1.73. The molecule has 16 heavy (non-hydrogen) atoms. The van der Waals surface area contributed by atoms with E-state index in [0.717, 1.165) is 25.2 Å². The highest BCUT2D eigenvalue weighted by atomic mass is 35.5. The molecule has 1 aromatic heterocycles. The number of nitrogens with one attached hydrogen (secondary N) is 1. The first-order valence-electron chi connectivity index (χ1n) is 5.48. The minimum atomic E-state index is 0. The van der Waals surface area contributed by atoms with E-state index >= 15 is 0 Å². The topological polar surface area (TPSA) is 47.0 Å². The molecule has 1 aromatic rings. The molecule has 0 saturated carbocycles. The summed E-state index contributed by atoms with van der Waals surface area (Å²) in [6.45, 7) is 4.09. The van der Waals surface area contributed by atoms with E-state index in [-0.39, 0.29) is 18.5 Å². The van der Waals surface area contributed by atoms with Gasteiger partial charge in [-0.3, -0.25) is 9.97 Å². The highest BCUT2D eigenvalue weighted by Crippen LogP contribution is 2.18. The van der Waals surface area contributed by atoms with Crippen molar-refractivity contribution in [3.63, 3.8) is 0 Å². The Labute approximate surface area is 102 Å². The third kappa shape index (κ3) is 3.70. The van der Waals surface area contributed by atoms with Crippen LogP contribution in [0, 0.1) is 0 Å². The fourth-order valence-corrected chi connectivity index (χ4v) is 1.81. The van der Waals surface area contributed by atoms with Crippen LogP contribution in [0.4, 0.5) is 0 Å². The van der Waals surface area contributed by atoms with Crippen molar-refractivity contribution in [1.82, 2.24) is 15.3 Å². The van der Waals surface area contributed by atoms with Crippen LogP contribution >= 0.6 is 12.4 Å². The molecule has 1 N–H and O–H groups in total. The molecule has 2 heterocycles. The van der Waals surface area contributed by atoms with Crippen LogP contribution in [0.1, 0.15) is 31.6 Å². The smallest absolute Gasteiger partial charge is 0.0986 e. The first kappa shape index (κ1) is 13.4. The molecule has 1 fully saturated rings. The number of rotatable bonds is 3. The van der Waals surface area contributed by atoms with Crippen molar-refractivity contribution in [2.75, 3.05) is 13.1 Å². The second-order valence-electron chi connectivity index (χ2n) is 3.88. The van der Waals surface area contributed by atoms with Gasteiger partial charge in [0, 0.05) is 18.9 Å². The molecule has 4 nitrogen and oxygen atoms in total. The zero-order valence-electron chi connectivity index (χ0n) is 9.43. The predicted molar refractivity (Wildman–Crippen MR) is 64.7 cm³/mol. The van der Waals surface area contributed by atoms with Crippen LogP contribution in [-0.4, -0.2) is 29.2 Å². The Balaban J connectivity index is 0.00000128. The fraction of sp³-hybridized carbons (Fsp3) is 0.636. The summed E-state index contributed by atoms with van der Waals surface area (Å²) in [7, 11) is 0.